The second-order valence-electron chi connectivity index (χ2n) is 6.08. The Hall–Kier alpha value is -1.62. The van der Waals surface area contributed by atoms with Gasteiger partial charge in [-0.05, 0) is 43.4 Å². The Morgan fingerprint density at radius 2 is 2.30 bits per heavy atom. The van der Waals surface area contributed by atoms with Gasteiger partial charge in [0.2, 0.25) is 0 Å². The van der Waals surface area contributed by atoms with E-state index in [0.29, 0.717) is 12.5 Å². The molecule has 2 heterocycles. The number of hydrogen-bond acceptors (Lipinski definition) is 4. The Bertz CT molecular complexity index is 605. The van der Waals surface area contributed by atoms with Crippen LogP contribution in [0.3, 0.4) is 0 Å². The molecule has 2 unspecified atom stereocenters. The lowest BCUT2D eigenvalue weighted by Crippen LogP contribution is -2.52. The lowest BCUT2D eigenvalue weighted by atomic mass is 9.73. The number of hydrogen-bond donors (Lipinski definition) is 2. The van der Waals surface area contributed by atoms with Gasteiger partial charge in [-0.3, -0.25) is 0 Å². The largest absolute Gasteiger partial charge is 0.363 e. The van der Waals surface area contributed by atoms with Crippen LogP contribution in [0.15, 0.2) is 18.5 Å². The van der Waals surface area contributed by atoms with Gasteiger partial charge in [0.05, 0.1) is 5.54 Å². The predicted octanol–water partition coefficient (Wildman–Crippen LogP) is 2.36. The molecule has 2 aromatic heterocycles. The van der Waals surface area contributed by atoms with Crippen LogP contribution in [0.5, 0.6) is 0 Å². The second-order valence-corrected chi connectivity index (χ2v) is 6.08. The van der Waals surface area contributed by atoms with Crippen LogP contribution >= 0.6 is 0 Å². The molecule has 3 rings (SSSR count). The Kier molecular flexibility index (Phi) is 3.38. The highest BCUT2D eigenvalue weighted by Crippen LogP contribution is 2.35. The van der Waals surface area contributed by atoms with Gasteiger partial charge < -0.3 is 11.1 Å². The van der Waals surface area contributed by atoms with Gasteiger partial charge >= 0.3 is 0 Å². The lowest BCUT2D eigenvalue weighted by molar-refractivity contribution is 0.234. The first-order valence-electron chi connectivity index (χ1n) is 7.43. The van der Waals surface area contributed by atoms with Crippen LogP contribution in [-0.2, 0) is 0 Å². The molecule has 2 aromatic rings. The fourth-order valence-electron chi connectivity index (χ4n) is 3.35. The molecule has 2 atom stereocenters. The maximum Gasteiger partial charge on any atom is 0.157 e. The highest BCUT2D eigenvalue weighted by Gasteiger charge is 2.37. The third-order valence-electron chi connectivity index (χ3n) is 4.72. The summed E-state index contributed by atoms with van der Waals surface area (Å²) in [6, 6.07) is 4.16. The molecule has 5 heteroatoms. The smallest absolute Gasteiger partial charge is 0.157 e. The summed E-state index contributed by atoms with van der Waals surface area (Å²) in [6.07, 6.45) is 6.49. The first-order valence-corrected chi connectivity index (χ1v) is 7.43. The van der Waals surface area contributed by atoms with Crippen molar-refractivity contribution in [3.8, 4) is 0 Å². The van der Waals surface area contributed by atoms with Crippen molar-refractivity contribution in [1.82, 2.24) is 14.6 Å². The molecule has 0 spiro atoms. The van der Waals surface area contributed by atoms with E-state index in [1.165, 1.54) is 24.8 Å². The van der Waals surface area contributed by atoms with Crippen molar-refractivity contribution in [3.63, 3.8) is 0 Å². The van der Waals surface area contributed by atoms with Gasteiger partial charge in [0.15, 0.2) is 5.65 Å². The summed E-state index contributed by atoms with van der Waals surface area (Å²) in [6.45, 7) is 5.03. The summed E-state index contributed by atoms with van der Waals surface area (Å²) < 4.78 is 1.87. The third-order valence-corrected chi connectivity index (χ3v) is 4.72. The fourth-order valence-corrected chi connectivity index (χ4v) is 3.35. The van der Waals surface area contributed by atoms with Crippen LogP contribution in [0.4, 0.5) is 5.82 Å². The zero-order valence-corrected chi connectivity index (χ0v) is 12.3. The monoisotopic (exact) mass is 273 g/mol. The van der Waals surface area contributed by atoms with E-state index in [1.807, 2.05) is 10.6 Å². The maximum absolute atomic E-state index is 6.13. The molecule has 1 fully saturated rings. The normalized spacial score (nSPS) is 26.9. The number of nitrogens with zero attached hydrogens (tertiary/aromatic N) is 3. The summed E-state index contributed by atoms with van der Waals surface area (Å²) in [4.78, 5) is 4.28. The standard InChI is InChI=1S/C15H23N5/c1-11-7-13-17-10-18-20(13)14(8-11)19-15(9-16)6-4-3-5-12(15)2/h7-8,10,12,19H,3-6,9,16H2,1-2H3. The summed E-state index contributed by atoms with van der Waals surface area (Å²) in [5.74, 6) is 1.57. The van der Waals surface area contributed by atoms with E-state index >= 15 is 0 Å². The minimum Gasteiger partial charge on any atom is -0.363 e. The van der Waals surface area contributed by atoms with E-state index in [9.17, 15) is 0 Å². The molecule has 0 aromatic carbocycles. The molecule has 0 bridgehead atoms. The predicted molar refractivity (Wildman–Crippen MR) is 80.8 cm³/mol. The van der Waals surface area contributed by atoms with Crippen LogP contribution in [-0.4, -0.2) is 26.7 Å². The van der Waals surface area contributed by atoms with Crippen molar-refractivity contribution >= 4 is 11.5 Å². The second kappa shape index (κ2) is 5.05. The minimum atomic E-state index is -0.0229. The van der Waals surface area contributed by atoms with Crippen LogP contribution in [0.25, 0.3) is 5.65 Å². The number of anilines is 1. The SMILES string of the molecule is Cc1cc(NC2(CN)CCCCC2C)n2ncnc2c1. The zero-order valence-electron chi connectivity index (χ0n) is 12.3. The van der Waals surface area contributed by atoms with Gasteiger partial charge in [-0.25, -0.2) is 4.98 Å². The van der Waals surface area contributed by atoms with Crippen molar-refractivity contribution in [2.45, 2.75) is 45.1 Å². The Morgan fingerprint density at radius 3 is 3.05 bits per heavy atom. The number of rotatable bonds is 3. The molecule has 1 aliphatic rings. The molecule has 0 saturated heterocycles. The molecule has 5 nitrogen and oxygen atoms in total. The van der Waals surface area contributed by atoms with Crippen molar-refractivity contribution in [1.29, 1.82) is 0 Å². The zero-order chi connectivity index (χ0) is 14.2. The topological polar surface area (TPSA) is 68.2 Å². The van der Waals surface area contributed by atoms with Crippen LogP contribution in [0.1, 0.15) is 38.2 Å². The molecule has 1 saturated carbocycles. The first-order chi connectivity index (χ1) is 9.64. The summed E-state index contributed by atoms with van der Waals surface area (Å²) in [7, 11) is 0. The van der Waals surface area contributed by atoms with Crippen LogP contribution < -0.4 is 11.1 Å². The number of aromatic nitrogens is 3. The fraction of sp³-hybridized carbons (Fsp3) is 0.600. The van der Waals surface area contributed by atoms with Crippen molar-refractivity contribution in [2.75, 3.05) is 11.9 Å². The van der Waals surface area contributed by atoms with Gasteiger partial charge in [-0.15, -0.1) is 0 Å². The quantitative estimate of drug-likeness (QED) is 0.901. The van der Waals surface area contributed by atoms with Crippen LogP contribution in [0.2, 0.25) is 0 Å². The summed E-state index contributed by atoms with van der Waals surface area (Å²) >= 11 is 0. The Balaban J connectivity index is 2.00. The van der Waals surface area contributed by atoms with E-state index in [2.05, 4.69) is 35.3 Å². The summed E-state index contributed by atoms with van der Waals surface area (Å²) in [5, 5.41) is 8.02. The lowest BCUT2D eigenvalue weighted by Gasteiger charge is -2.43. The highest BCUT2D eigenvalue weighted by atomic mass is 15.3. The molecule has 0 amide bonds. The minimum absolute atomic E-state index is 0.0229. The van der Waals surface area contributed by atoms with E-state index in [-0.39, 0.29) is 5.54 Å². The summed E-state index contributed by atoms with van der Waals surface area (Å²) in [5.41, 5.74) is 8.17. The van der Waals surface area contributed by atoms with Crippen molar-refractivity contribution in [2.24, 2.45) is 11.7 Å². The number of aryl methyl sites for hydroxylation is 1. The van der Waals surface area contributed by atoms with Crippen molar-refractivity contribution < 1.29 is 0 Å². The third kappa shape index (κ3) is 2.16. The Morgan fingerprint density at radius 1 is 1.45 bits per heavy atom. The maximum atomic E-state index is 6.13. The average molecular weight is 273 g/mol. The van der Waals surface area contributed by atoms with E-state index < -0.39 is 0 Å². The van der Waals surface area contributed by atoms with Gasteiger partial charge in [-0.2, -0.15) is 9.61 Å². The Labute approximate surface area is 119 Å². The van der Waals surface area contributed by atoms with E-state index in [0.717, 1.165) is 17.9 Å². The molecule has 0 aliphatic heterocycles. The average Bonchev–Trinajstić information content (AvgIpc) is 2.89. The molecule has 108 valence electrons. The molecular weight excluding hydrogens is 250 g/mol. The number of pyridine rings is 1. The molecular formula is C15H23N5. The van der Waals surface area contributed by atoms with Gasteiger partial charge in [-0.1, -0.05) is 19.8 Å². The van der Waals surface area contributed by atoms with Crippen molar-refractivity contribution in [3.05, 3.63) is 24.0 Å². The molecule has 0 radical (unpaired) electrons. The molecule has 20 heavy (non-hydrogen) atoms. The number of fused-ring (bicyclic) bond motifs is 1. The number of nitrogens with one attached hydrogen (secondary N) is 1. The van der Waals surface area contributed by atoms with Crippen LogP contribution in [0, 0.1) is 12.8 Å². The van der Waals surface area contributed by atoms with Gasteiger partial charge in [0, 0.05) is 6.54 Å². The highest BCUT2D eigenvalue weighted by molar-refractivity contribution is 5.52. The van der Waals surface area contributed by atoms with Gasteiger partial charge in [0.1, 0.15) is 12.1 Å². The number of nitrogens with two attached hydrogens (primary N) is 1. The van der Waals surface area contributed by atoms with E-state index in [1.54, 1.807) is 6.33 Å². The van der Waals surface area contributed by atoms with Gasteiger partial charge in [0.25, 0.3) is 0 Å². The van der Waals surface area contributed by atoms with E-state index in [4.69, 9.17) is 5.73 Å². The molecule has 1 aliphatic carbocycles. The molecule has 3 N–H and O–H groups in total. The first kappa shape index (κ1) is 13.4.